The number of nitrogens with one attached hydrogen (secondary N) is 1. The maximum absolute atomic E-state index is 12.2. The summed E-state index contributed by atoms with van der Waals surface area (Å²) in [6.07, 6.45) is 1.70. The molecule has 0 unspecified atom stereocenters. The average molecular weight is 339 g/mol. The number of aryl methyl sites for hydroxylation is 3. The zero-order chi connectivity index (χ0) is 17.8. The number of para-hydroxylation sites is 1. The Morgan fingerprint density at radius 2 is 2.04 bits per heavy atom. The van der Waals surface area contributed by atoms with Crippen LogP contribution in [-0.4, -0.2) is 32.1 Å². The molecule has 0 atom stereocenters. The fourth-order valence-electron chi connectivity index (χ4n) is 2.54. The third-order valence-electron chi connectivity index (χ3n) is 3.85. The first-order valence-electron chi connectivity index (χ1n) is 8.02. The molecule has 0 fully saturated rings. The van der Waals surface area contributed by atoms with Gasteiger partial charge in [0.15, 0.2) is 0 Å². The lowest BCUT2D eigenvalue weighted by molar-refractivity contribution is -0.121. The van der Waals surface area contributed by atoms with Gasteiger partial charge in [-0.05, 0) is 31.5 Å². The van der Waals surface area contributed by atoms with Crippen LogP contribution in [0.2, 0.25) is 0 Å². The van der Waals surface area contributed by atoms with Crippen molar-refractivity contribution in [2.24, 2.45) is 7.05 Å². The molecule has 3 aromatic rings. The van der Waals surface area contributed by atoms with Gasteiger partial charge in [0.05, 0.1) is 23.7 Å². The minimum atomic E-state index is -0.225. The Morgan fingerprint density at radius 3 is 2.76 bits per heavy atom. The van der Waals surface area contributed by atoms with E-state index in [2.05, 4.69) is 15.5 Å². The molecular formula is C18H21N5O2. The monoisotopic (exact) mass is 339 g/mol. The first kappa shape index (κ1) is 16.9. The summed E-state index contributed by atoms with van der Waals surface area (Å²) in [6.45, 7) is 4.20. The number of aromatic nitrogens is 4. The predicted molar refractivity (Wildman–Crippen MR) is 94.5 cm³/mol. The summed E-state index contributed by atoms with van der Waals surface area (Å²) in [7, 11) is 1.84. The second kappa shape index (κ2) is 7.31. The van der Waals surface area contributed by atoms with E-state index in [4.69, 9.17) is 4.74 Å². The van der Waals surface area contributed by atoms with Crippen molar-refractivity contribution in [1.29, 1.82) is 0 Å². The number of benzene rings is 1. The van der Waals surface area contributed by atoms with E-state index in [0.29, 0.717) is 12.4 Å². The Bertz CT molecular complexity index is 881. The van der Waals surface area contributed by atoms with Gasteiger partial charge in [-0.1, -0.05) is 18.2 Å². The van der Waals surface area contributed by atoms with Crippen molar-refractivity contribution in [3.8, 4) is 5.69 Å². The molecule has 0 saturated heterocycles. The maximum atomic E-state index is 12.2. The van der Waals surface area contributed by atoms with Gasteiger partial charge in [0.2, 0.25) is 0 Å². The molecule has 7 heteroatoms. The van der Waals surface area contributed by atoms with Crippen LogP contribution in [0.5, 0.6) is 0 Å². The Morgan fingerprint density at radius 1 is 1.24 bits per heavy atom. The number of amides is 1. The molecule has 0 aliphatic carbocycles. The lowest BCUT2D eigenvalue weighted by Gasteiger charge is -2.11. The largest absolute Gasteiger partial charge is 0.365 e. The molecule has 0 aliphatic heterocycles. The quantitative estimate of drug-likeness (QED) is 0.748. The van der Waals surface area contributed by atoms with Crippen molar-refractivity contribution in [3.63, 3.8) is 0 Å². The summed E-state index contributed by atoms with van der Waals surface area (Å²) < 4.78 is 8.92. The summed E-state index contributed by atoms with van der Waals surface area (Å²) >= 11 is 0. The Labute approximate surface area is 146 Å². The number of nitrogens with zero attached hydrogens (tertiary/aromatic N) is 4. The number of anilines is 1. The molecular weight excluding hydrogens is 318 g/mol. The first-order chi connectivity index (χ1) is 12.0. The van der Waals surface area contributed by atoms with Crippen LogP contribution in [0.1, 0.15) is 17.0 Å². The van der Waals surface area contributed by atoms with Crippen LogP contribution in [0.25, 0.3) is 5.69 Å². The van der Waals surface area contributed by atoms with Crippen LogP contribution < -0.4 is 5.32 Å². The van der Waals surface area contributed by atoms with Gasteiger partial charge in [-0.2, -0.15) is 10.2 Å². The van der Waals surface area contributed by atoms with Gasteiger partial charge in [-0.25, -0.2) is 4.68 Å². The summed E-state index contributed by atoms with van der Waals surface area (Å²) in [5.41, 5.74) is 3.75. The van der Waals surface area contributed by atoms with Crippen molar-refractivity contribution in [2.45, 2.75) is 20.5 Å². The zero-order valence-electron chi connectivity index (χ0n) is 14.6. The van der Waals surface area contributed by atoms with Crippen molar-refractivity contribution >= 4 is 11.7 Å². The molecule has 0 saturated carbocycles. The van der Waals surface area contributed by atoms with Gasteiger partial charge in [0.25, 0.3) is 5.91 Å². The molecule has 25 heavy (non-hydrogen) atoms. The van der Waals surface area contributed by atoms with Crippen molar-refractivity contribution in [3.05, 3.63) is 59.5 Å². The molecule has 1 amide bonds. The molecule has 3 rings (SSSR count). The van der Waals surface area contributed by atoms with Gasteiger partial charge in [0.1, 0.15) is 12.4 Å². The molecule has 0 spiro atoms. The standard InChI is InChI=1S/C18H21N5O2/c1-13-6-4-5-7-16(13)23-17(10-14(2)21-23)20-18(24)12-25-11-15-8-9-19-22(15)3/h4-10H,11-12H2,1-3H3,(H,20,24). The SMILES string of the molecule is Cc1cc(NC(=O)COCc2ccnn2C)n(-c2ccccc2C)n1. The van der Waals surface area contributed by atoms with Crippen LogP contribution in [0, 0.1) is 13.8 Å². The first-order valence-corrected chi connectivity index (χ1v) is 8.02. The van der Waals surface area contributed by atoms with Gasteiger partial charge in [0, 0.05) is 19.3 Å². The van der Waals surface area contributed by atoms with Crippen LogP contribution >= 0.6 is 0 Å². The summed E-state index contributed by atoms with van der Waals surface area (Å²) in [5.74, 6) is 0.401. The number of ether oxygens (including phenoxy) is 1. The van der Waals surface area contributed by atoms with E-state index >= 15 is 0 Å². The predicted octanol–water partition coefficient (Wildman–Crippen LogP) is 2.38. The molecule has 0 radical (unpaired) electrons. The lowest BCUT2D eigenvalue weighted by Crippen LogP contribution is -2.20. The minimum absolute atomic E-state index is 0.0385. The number of carbonyl (C=O) groups excluding carboxylic acids is 1. The summed E-state index contributed by atoms with van der Waals surface area (Å²) in [6, 6.07) is 11.6. The fraction of sp³-hybridized carbons (Fsp3) is 0.278. The number of hydrogen-bond acceptors (Lipinski definition) is 4. The number of hydrogen-bond donors (Lipinski definition) is 1. The lowest BCUT2D eigenvalue weighted by atomic mass is 10.2. The molecule has 130 valence electrons. The number of rotatable bonds is 6. The fourth-order valence-corrected chi connectivity index (χ4v) is 2.54. The number of carbonyl (C=O) groups is 1. The minimum Gasteiger partial charge on any atom is -0.365 e. The molecule has 1 aromatic carbocycles. The summed E-state index contributed by atoms with van der Waals surface area (Å²) in [5, 5.41) is 11.4. The molecule has 2 heterocycles. The van der Waals surface area contributed by atoms with E-state index in [9.17, 15) is 4.79 Å². The van der Waals surface area contributed by atoms with E-state index in [0.717, 1.165) is 22.6 Å². The average Bonchev–Trinajstić information content (AvgIpc) is 3.14. The van der Waals surface area contributed by atoms with Gasteiger partial charge < -0.3 is 10.1 Å². The topological polar surface area (TPSA) is 74.0 Å². The Balaban J connectivity index is 1.66. The van der Waals surface area contributed by atoms with E-state index in [1.54, 1.807) is 15.6 Å². The van der Waals surface area contributed by atoms with Gasteiger partial charge in [-0.3, -0.25) is 9.48 Å². The summed E-state index contributed by atoms with van der Waals surface area (Å²) in [4.78, 5) is 12.2. The second-order valence-electron chi connectivity index (χ2n) is 5.86. The highest BCUT2D eigenvalue weighted by Crippen LogP contribution is 2.20. The molecule has 0 bridgehead atoms. The van der Waals surface area contributed by atoms with E-state index < -0.39 is 0 Å². The van der Waals surface area contributed by atoms with Crippen LogP contribution in [0.15, 0.2) is 42.6 Å². The van der Waals surface area contributed by atoms with E-state index in [1.807, 2.05) is 57.3 Å². The second-order valence-corrected chi connectivity index (χ2v) is 5.86. The highest BCUT2D eigenvalue weighted by Gasteiger charge is 2.12. The maximum Gasteiger partial charge on any atom is 0.251 e. The highest BCUT2D eigenvalue weighted by molar-refractivity contribution is 5.91. The van der Waals surface area contributed by atoms with Crippen LogP contribution in [-0.2, 0) is 23.2 Å². The zero-order valence-corrected chi connectivity index (χ0v) is 14.6. The van der Waals surface area contributed by atoms with E-state index in [1.165, 1.54) is 0 Å². The van der Waals surface area contributed by atoms with Gasteiger partial charge >= 0.3 is 0 Å². The van der Waals surface area contributed by atoms with Crippen LogP contribution in [0.3, 0.4) is 0 Å². The molecule has 7 nitrogen and oxygen atoms in total. The normalized spacial score (nSPS) is 10.8. The Hall–Kier alpha value is -2.93. The van der Waals surface area contributed by atoms with Crippen molar-refractivity contribution in [2.75, 3.05) is 11.9 Å². The molecule has 0 aliphatic rings. The van der Waals surface area contributed by atoms with Gasteiger partial charge in [-0.15, -0.1) is 0 Å². The van der Waals surface area contributed by atoms with Crippen molar-refractivity contribution in [1.82, 2.24) is 19.6 Å². The molecule has 1 N–H and O–H groups in total. The third kappa shape index (κ3) is 3.95. The third-order valence-corrected chi connectivity index (χ3v) is 3.85. The highest BCUT2D eigenvalue weighted by atomic mass is 16.5. The van der Waals surface area contributed by atoms with Crippen LogP contribution in [0.4, 0.5) is 5.82 Å². The van der Waals surface area contributed by atoms with Crippen molar-refractivity contribution < 1.29 is 9.53 Å². The molecule has 2 aromatic heterocycles. The van der Waals surface area contributed by atoms with E-state index in [-0.39, 0.29) is 12.5 Å². The smallest absolute Gasteiger partial charge is 0.251 e. The Kier molecular flexibility index (Phi) is 4.95.